The largest absolute Gasteiger partial charge is 0.395 e. The molecule has 0 aliphatic heterocycles. The van der Waals surface area contributed by atoms with Crippen LogP contribution in [-0.2, 0) is 0 Å². The lowest BCUT2D eigenvalue weighted by Gasteiger charge is -2.30. The summed E-state index contributed by atoms with van der Waals surface area (Å²) >= 11 is 0. The second kappa shape index (κ2) is 8.05. The molecule has 92 valence electrons. The van der Waals surface area contributed by atoms with E-state index in [9.17, 15) is 0 Å². The highest BCUT2D eigenvalue weighted by molar-refractivity contribution is 4.71. The SMILES string of the molecule is CCN(CCC(N)CO)C(C)CN(C)C. The van der Waals surface area contributed by atoms with Crippen LogP contribution in [0.1, 0.15) is 20.3 Å². The predicted octanol–water partition coefficient (Wildman–Crippen LogP) is -0.0319. The first kappa shape index (κ1) is 14.8. The highest BCUT2D eigenvalue weighted by atomic mass is 16.3. The van der Waals surface area contributed by atoms with Gasteiger partial charge in [-0.15, -0.1) is 0 Å². The molecule has 15 heavy (non-hydrogen) atoms. The summed E-state index contributed by atoms with van der Waals surface area (Å²) in [5, 5.41) is 8.85. The van der Waals surface area contributed by atoms with Crippen molar-refractivity contribution in [2.45, 2.75) is 32.4 Å². The van der Waals surface area contributed by atoms with E-state index in [1.165, 1.54) is 0 Å². The maximum atomic E-state index is 8.85. The summed E-state index contributed by atoms with van der Waals surface area (Å²) in [7, 11) is 4.17. The molecule has 0 saturated carbocycles. The standard InChI is InChI=1S/C11H27N3O/c1-5-14(7-6-11(12)9-15)10(2)8-13(3)4/h10-11,15H,5-9,12H2,1-4H3. The lowest BCUT2D eigenvalue weighted by molar-refractivity contribution is 0.167. The predicted molar refractivity (Wildman–Crippen MR) is 64.9 cm³/mol. The maximum Gasteiger partial charge on any atom is 0.0583 e. The van der Waals surface area contributed by atoms with Gasteiger partial charge in [0.2, 0.25) is 0 Å². The topological polar surface area (TPSA) is 52.7 Å². The molecule has 0 heterocycles. The van der Waals surface area contributed by atoms with Crippen LogP contribution >= 0.6 is 0 Å². The molecule has 0 amide bonds. The average molecular weight is 217 g/mol. The van der Waals surface area contributed by atoms with Crippen LogP contribution in [-0.4, -0.2) is 67.3 Å². The smallest absolute Gasteiger partial charge is 0.0583 e. The molecule has 0 fully saturated rings. The van der Waals surface area contributed by atoms with Crippen molar-refractivity contribution in [3.05, 3.63) is 0 Å². The van der Waals surface area contributed by atoms with Crippen molar-refractivity contribution in [3.8, 4) is 0 Å². The van der Waals surface area contributed by atoms with E-state index in [1.54, 1.807) is 0 Å². The van der Waals surface area contributed by atoms with Crippen molar-refractivity contribution < 1.29 is 5.11 Å². The van der Waals surface area contributed by atoms with Gasteiger partial charge in [-0.25, -0.2) is 0 Å². The number of rotatable bonds is 8. The van der Waals surface area contributed by atoms with Crippen LogP contribution in [0, 0.1) is 0 Å². The molecule has 2 atom stereocenters. The van der Waals surface area contributed by atoms with Crippen LogP contribution in [0.25, 0.3) is 0 Å². The quantitative estimate of drug-likeness (QED) is 0.599. The molecule has 0 aromatic rings. The van der Waals surface area contributed by atoms with Gasteiger partial charge in [-0.3, -0.25) is 4.90 Å². The van der Waals surface area contributed by atoms with Crippen molar-refractivity contribution in [1.29, 1.82) is 0 Å². The van der Waals surface area contributed by atoms with Crippen LogP contribution in [0.3, 0.4) is 0 Å². The van der Waals surface area contributed by atoms with Crippen molar-refractivity contribution in [2.75, 3.05) is 40.3 Å². The summed E-state index contributed by atoms with van der Waals surface area (Å²) in [6, 6.07) is 0.460. The molecule has 4 heteroatoms. The third-order valence-corrected chi connectivity index (χ3v) is 2.68. The average Bonchev–Trinajstić information content (AvgIpc) is 2.17. The molecule has 0 rings (SSSR count). The second-order valence-electron chi connectivity index (χ2n) is 4.47. The van der Waals surface area contributed by atoms with Gasteiger partial charge in [-0.05, 0) is 34.0 Å². The number of aliphatic hydroxyl groups is 1. The number of nitrogens with two attached hydrogens (primary N) is 1. The third kappa shape index (κ3) is 6.84. The van der Waals surface area contributed by atoms with E-state index in [0.717, 1.165) is 26.1 Å². The van der Waals surface area contributed by atoms with Gasteiger partial charge in [0.15, 0.2) is 0 Å². The van der Waals surface area contributed by atoms with Gasteiger partial charge in [0.05, 0.1) is 6.61 Å². The Morgan fingerprint density at radius 1 is 1.33 bits per heavy atom. The Morgan fingerprint density at radius 2 is 1.93 bits per heavy atom. The summed E-state index contributed by atoms with van der Waals surface area (Å²) in [6.45, 7) is 7.53. The van der Waals surface area contributed by atoms with Gasteiger partial charge in [-0.2, -0.15) is 0 Å². The van der Waals surface area contributed by atoms with E-state index in [4.69, 9.17) is 10.8 Å². The van der Waals surface area contributed by atoms with Gasteiger partial charge in [-0.1, -0.05) is 6.92 Å². The van der Waals surface area contributed by atoms with Gasteiger partial charge in [0.1, 0.15) is 0 Å². The Bertz CT molecular complexity index is 153. The summed E-state index contributed by atoms with van der Waals surface area (Å²) in [6.07, 6.45) is 0.863. The Hall–Kier alpha value is -0.160. The van der Waals surface area contributed by atoms with E-state index in [0.29, 0.717) is 6.04 Å². The Balaban J connectivity index is 3.89. The maximum absolute atomic E-state index is 8.85. The Kier molecular flexibility index (Phi) is 7.96. The van der Waals surface area contributed by atoms with E-state index in [2.05, 4.69) is 37.7 Å². The second-order valence-corrected chi connectivity index (χ2v) is 4.47. The zero-order valence-electron chi connectivity index (χ0n) is 10.6. The molecule has 0 bridgehead atoms. The van der Waals surface area contributed by atoms with Crippen LogP contribution in [0.5, 0.6) is 0 Å². The molecule has 0 spiro atoms. The van der Waals surface area contributed by atoms with E-state index in [-0.39, 0.29) is 12.6 Å². The van der Waals surface area contributed by atoms with Gasteiger partial charge in [0.25, 0.3) is 0 Å². The van der Waals surface area contributed by atoms with Gasteiger partial charge >= 0.3 is 0 Å². The molecule has 4 nitrogen and oxygen atoms in total. The fourth-order valence-electron chi connectivity index (χ4n) is 1.76. The van der Waals surface area contributed by atoms with Gasteiger partial charge < -0.3 is 15.7 Å². The molecular weight excluding hydrogens is 190 g/mol. The van der Waals surface area contributed by atoms with Gasteiger partial charge in [0, 0.05) is 25.2 Å². The highest BCUT2D eigenvalue weighted by Crippen LogP contribution is 2.02. The highest BCUT2D eigenvalue weighted by Gasteiger charge is 2.13. The molecule has 0 aliphatic rings. The van der Waals surface area contributed by atoms with Crippen molar-refractivity contribution in [2.24, 2.45) is 5.73 Å². The number of hydrogen-bond acceptors (Lipinski definition) is 4. The number of likely N-dealkylation sites (N-methyl/N-ethyl adjacent to an activating group) is 2. The molecule has 3 N–H and O–H groups in total. The van der Waals surface area contributed by atoms with E-state index >= 15 is 0 Å². The number of hydrogen-bond donors (Lipinski definition) is 2. The molecule has 0 aliphatic carbocycles. The monoisotopic (exact) mass is 217 g/mol. The summed E-state index contributed by atoms with van der Waals surface area (Å²) < 4.78 is 0. The van der Waals surface area contributed by atoms with Crippen LogP contribution in [0.4, 0.5) is 0 Å². The summed E-state index contributed by atoms with van der Waals surface area (Å²) in [5.41, 5.74) is 5.69. The molecule has 0 aromatic carbocycles. The fourth-order valence-corrected chi connectivity index (χ4v) is 1.76. The first-order valence-corrected chi connectivity index (χ1v) is 5.76. The zero-order chi connectivity index (χ0) is 11.8. The van der Waals surface area contributed by atoms with Crippen LogP contribution in [0.2, 0.25) is 0 Å². The molecule has 0 radical (unpaired) electrons. The minimum atomic E-state index is -0.0781. The lowest BCUT2D eigenvalue weighted by Crippen LogP contribution is -2.42. The molecule has 0 saturated heterocycles. The van der Waals surface area contributed by atoms with Crippen molar-refractivity contribution in [1.82, 2.24) is 9.80 Å². The lowest BCUT2D eigenvalue weighted by atomic mass is 10.2. The Labute approximate surface area is 94.0 Å². The normalized spacial score (nSPS) is 16.0. The Morgan fingerprint density at radius 3 is 2.33 bits per heavy atom. The van der Waals surface area contributed by atoms with E-state index < -0.39 is 0 Å². The first-order valence-electron chi connectivity index (χ1n) is 5.76. The van der Waals surface area contributed by atoms with Crippen LogP contribution in [0.15, 0.2) is 0 Å². The zero-order valence-corrected chi connectivity index (χ0v) is 10.6. The number of aliphatic hydroxyl groups excluding tert-OH is 1. The van der Waals surface area contributed by atoms with Crippen molar-refractivity contribution in [3.63, 3.8) is 0 Å². The van der Waals surface area contributed by atoms with Crippen molar-refractivity contribution >= 4 is 0 Å². The minimum absolute atomic E-state index is 0.0781. The molecular formula is C11H27N3O. The first-order chi connectivity index (χ1) is 7.01. The minimum Gasteiger partial charge on any atom is -0.395 e. The van der Waals surface area contributed by atoms with E-state index in [1.807, 2.05) is 0 Å². The number of nitrogens with zero attached hydrogens (tertiary/aromatic N) is 2. The summed E-state index contributed by atoms with van der Waals surface area (Å²) in [4.78, 5) is 4.59. The third-order valence-electron chi connectivity index (χ3n) is 2.68. The van der Waals surface area contributed by atoms with Crippen LogP contribution < -0.4 is 5.73 Å². The molecule has 0 aromatic heterocycles. The summed E-state index contributed by atoms with van der Waals surface area (Å²) in [5.74, 6) is 0. The fraction of sp³-hybridized carbons (Fsp3) is 1.00. The molecule has 2 unspecified atom stereocenters.